The van der Waals surface area contributed by atoms with Crippen molar-refractivity contribution in [2.45, 2.75) is 44.7 Å². The SMILES string of the molecule is COc1cc(C(F)(F)F)nn1-c1ccc([C@@H](C)N[S@@+]([O-])C(C)(C)C)cc1. The van der Waals surface area contributed by atoms with Gasteiger partial charge < -0.3 is 9.29 Å². The number of aromatic nitrogens is 2. The normalized spacial score (nSPS) is 15.0. The van der Waals surface area contributed by atoms with Crippen molar-refractivity contribution in [3.63, 3.8) is 0 Å². The first kappa shape index (κ1) is 20.6. The molecule has 0 aliphatic rings. The van der Waals surface area contributed by atoms with Crippen LogP contribution < -0.4 is 9.46 Å². The van der Waals surface area contributed by atoms with Crippen LogP contribution in [0, 0.1) is 0 Å². The zero-order valence-electron chi connectivity index (χ0n) is 15.2. The molecule has 2 aromatic rings. The van der Waals surface area contributed by atoms with E-state index in [9.17, 15) is 17.7 Å². The summed E-state index contributed by atoms with van der Waals surface area (Å²) < 4.78 is 59.4. The quantitative estimate of drug-likeness (QED) is 0.785. The molecule has 0 saturated carbocycles. The van der Waals surface area contributed by atoms with Crippen LogP contribution in [0.2, 0.25) is 0 Å². The van der Waals surface area contributed by atoms with Crippen molar-refractivity contribution < 1.29 is 22.5 Å². The lowest BCUT2D eigenvalue weighted by Gasteiger charge is -2.26. The third-order valence-corrected chi connectivity index (χ3v) is 5.33. The average molecular weight is 389 g/mol. The van der Waals surface area contributed by atoms with Gasteiger partial charge in [0.25, 0.3) is 0 Å². The van der Waals surface area contributed by atoms with E-state index in [1.54, 1.807) is 24.3 Å². The topological polar surface area (TPSA) is 62.1 Å². The van der Waals surface area contributed by atoms with Gasteiger partial charge in [0.15, 0.2) is 5.69 Å². The van der Waals surface area contributed by atoms with Gasteiger partial charge in [-0.05, 0) is 45.4 Å². The molecular formula is C17H22F3N3O2S. The number of hydrogen-bond acceptors (Lipinski definition) is 4. The van der Waals surface area contributed by atoms with Gasteiger partial charge in [-0.1, -0.05) is 12.1 Å². The number of halogens is 3. The second-order valence-electron chi connectivity index (χ2n) is 6.79. The van der Waals surface area contributed by atoms with Gasteiger partial charge in [-0.25, -0.2) is 4.68 Å². The van der Waals surface area contributed by atoms with E-state index < -0.39 is 28.0 Å². The van der Waals surface area contributed by atoms with Crippen LogP contribution in [0.4, 0.5) is 13.2 Å². The van der Waals surface area contributed by atoms with Crippen LogP contribution in [0.1, 0.15) is 45.0 Å². The predicted molar refractivity (Wildman–Crippen MR) is 94.6 cm³/mol. The Labute approximate surface area is 153 Å². The van der Waals surface area contributed by atoms with Crippen molar-refractivity contribution in [1.82, 2.24) is 14.5 Å². The molecule has 0 radical (unpaired) electrons. The van der Waals surface area contributed by atoms with Crippen LogP contribution in [0.3, 0.4) is 0 Å². The van der Waals surface area contributed by atoms with Gasteiger partial charge in [0.1, 0.15) is 4.75 Å². The fourth-order valence-corrected chi connectivity index (χ4v) is 2.95. The highest BCUT2D eigenvalue weighted by Crippen LogP contribution is 2.32. The minimum absolute atomic E-state index is 0.00918. The van der Waals surface area contributed by atoms with E-state index in [4.69, 9.17) is 4.74 Å². The highest BCUT2D eigenvalue weighted by Gasteiger charge is 2.35. The van der Waals surface area contributed by atoms with Gasteiger partial charge in [-0.15, -0.1) is 4.72 Å². The summed E-state index contributed by atoms with van der Waals surface area (Å²) >= 11 is -1.23. The minimum atomic E-state index is -4.55. The molecule has 5 nitrogen and oxygen atoms in total. The second-order valence-corrected chi connectivity index (χ2v) is 8.79. The summed E-state index contributed by atoms with van der Waals surface area (Å²) in [7, 11) is 1.29. The number of alkyl halides is 3. The van der Waals surface area contributed by atoms with Gasteiger partial charge in [0, 0.05) is 17.4 Å². The Hall–Kier alpha value is -1.71. The summed E-state index contributed by atoms with van der Waals surface area (Å²) in [6.07, 6.45) is -4.55. The van der Waals surface area contributed by atoms with Gasteiger partial charge in [0.2, 0.25) is 5.88 Å². The van der Waals surface area contributed by atoms with Gasteiger partial charge in [-0.2, -0.15) is 18.3 Å². The Morgan fingerprint density at radius 2 is 1.77 bits per heavy atom. The zero-order chi connectivity index (χ0) is 19.7. The number of rotatable bonds is 5. The zero-order valence-corrected chi connectivity index (χ0v) is 16.0. The maximum atomic E-state index is 12.9. The molecule has 0 unspecified atom stereocenters. The molecule has 0 aliphatic carbocycles. The van der Waals surface area contributed by atoms with E-state index in [1.165, 1.54) is 7.11 Å². The average Bonchev–Trinajstić information content (AvgIpc) is 2.98. The number of hydrogen-bond donors (Lipinski definition) is 1. The molecule has 0 spiro atoms. The Morgan fingerprint density at radius 3 is 2.23 bits per heavy atom. The number of nitrogens with zero attached hydrogens (tertiary/aromatic N) is 2. The molecule has 0 fully saturated rings. The lowest BCUT2D eigenvalue weighted by atomic mass is 10.1. The van der Waals surface area contributed by atoms with Crippen molar-refractivity contribution in [1.29, 1.82) is 0 Å². The van der Waals surface area contributed by atoms with E-state index in [2.05, 4.69) is 9.82 Å². The first-order chi connectivity index (χ1) is 11.9. The van der Waals surface area contributed by atoms with E-state index in [0.717, 1.165) is 16.3 Å². The third-order valence-electron chi connectivity index (χ3n) is 3.65. The molecule has 2 rings (SSSR count). The van der Waals surface area contributed by atoms with Crippen LogP contribution >= 0.6 is 0 Å². The maximum absolute atomic E-state index is 12.9. The Balaban J connectivity index is 2.23. The highest BCUT2D eigenvalue weighted by molar-refractivity contribution is 7.90. The molecule has 9 heteroatoms. The van der Waals surface area contributed by atoms with E-state index in [0.29, 0.717) is 5.69 Å². The molecule has 1 N–H and O–H groups in total. The highest BCUT2D eigenvalue weighted by atomic mass is 32.2. The summed E-state index contributed by atoms with van der Waals surface area (Å²) in [6.45, 7) is 7.48. The molecule has 144 valence electrons. The van der Waals surface area contributed by atoms with Crippen molar-refractivity contribution in [2.75, 3.05) is 7.11 Å². The number of methoxy groups -OCH3 is 1. The summed E-state index contributed by atoms with van der Waals surface area (Å²) in [5.41, 5.74) is 0.271. The predicted octanol–water partition coefficient (Wildman–Crippen LogP) is 4.01. The first-order valence-corrected chi connectivity index (χ1v) is 9.08. The summed E-state index contributed by atoms with van der Waals surface area (Å²) in [6, 6.07) is 7.45. The van der Waals surface area contributed by atoms with Gasteiger partial charge in [0.05, 0.1) is 18.8 Å². The van der Waals surface area contributed by atoms with Crippen molar-refractivity contribution in [3.8, 4) is 11.6 Å². The van der Waals surface area contributed by atoms with E-state index in [1.807, 2.05) is 27.7 Å². The van der Waals surface area contributed by atoms with Crippen LogP contribution in [0.25, 0.3) is 5.69 Å². The molecule has 2 atom stereocenters. The monoisotopic (exact) mass is 389 g/mol. The Bertz CT molecular complexity index is 739. The molecular weight excluding hydrogens is 367 g/mol. The van der Waals surface area contributed by atoms with Crippen molar-refractivity contribution >= 4 is 11.4 Å². The largest absolute Gasteiger partial charge is 0.598 e. The molecule has 1 aromatic carbocycles. The molecule has 0 saturated heterocycles. The fraction of sp³-hybridized carbons (Fsp3) is 0.471. The third kappa shape index (κ3) is 4.72. The summed E-state index contributed by atoms with van der Waals surface area (Å²) in [4.78, 5) is 0. The maximum Gasteiger partial charge on any atom is 0.435 e. The van der Waals surface area contributed by atoms with Gasteiger partial charge in [-0.3, -0.25) is 0 Å². The molecule has 1 heterocycles. The van der Waals surface area contributed by atoms with Crippen LogP contribution in [-0.2, 0) is 17.5 Å². The smallest absolute Gasteiger partial charge is 0.435 e. The summed E-state index contributed by atoms with van der Waals surface area (Å²) in [5.74, 6) is -0.00918. The first-order valence-electron chi connectivity index (χ1n) is 7.93. The molecule has 26 heavy (non-hydrogen) atoms. The lowest BCUT2D eigenvalue weighted by Crippen LogP contribution is -2.40. The van der Waals surface area contributed by atoms with Crippen molar-refractivity contribution in [3.05, 3.63) is 41.6 Å². The molecule has 1 aromatic heterocycles. The standard InChI is InChI=1S/C17H22F3N3O2S/c1-11(22-26(24)16(2,3)4)12-6-8-13(9-7-12)23-15(25-5)10-14(21-23)17(18,19)20/h6-11,22H,1-5H3/t11-,26+/m1/s1. The van der Waals surface area contributed by atoms with Crippen LogP contribution in [0.15, 0.2) is 30.3 Å². The fourth-order valence-electron chi connectivity index (χ4n) is 2.14. The van der Waals surface area contributed by atoms with Crippen LogP contribution in [-0.4, -0.2) is 26.2 Å². The molecule has 0 bridgehead atoms. The number of benzene rings is 1. The van der Waals surface area contributed by atoms with Crippen LogP contribution in [0.5, 0.6) is 5.88 Å². The minimum Gasteiger partial charge on any atom is -0.598 e. The number of nitrogens with one attached hydrogen (secondary N) is 1. The van der Waals surface area contributed by atoms with E-state index >= 15 is 0 Å². The molecule has 0 aliphatic heterocycles. The second kappa shape index (κ2) is 7.50. The number of ether oxygens (including phenoxy) is 1. The van der Waals surface area contributed by atoms with Crippen molar-refractivity contribution in [2.24, 2.45) is 0 Å². The Morgan fingerprint density at radius 1 is 1.19 bits per heavy atom. The van der Waals surface area contributed by atoms with E-state index in [-0.39, 0.29) is 11.9 Å². The molecule has 0 amide bonds. The lowest BCUT2D eigenvalue weighted by molar-refractivity contribution is -0.141. The Kier molecular flexibility index (Phi) is 5.94. The van der Waals surface area contributed by atoms with Gasteiger partial charge >= 0.3 is 6.18 Å². The summed E-state index contributed by atoms with van der Waals surface area (Å²) in [5, 5.41) is 3.58.